The predicted molar refractivity (Wildman–Crippen MR) is 147 cm³/mol. The second kappa shape index (κ2) is 9.90. The number of aromatic nitrogens is 1. The van der Waals surface area contributed by atoms with Gasteiger partial charge in [0.15, 0.2) is 0 Å². The summed E-state index contributed by atoms with van der Waals surface area (Å²) in [4.78, 5) is 29.1. The van der Waals surface area contributed by atoms with E-state index >= 15 is 0 Å². The number of thiophene rings is 1. The monoisotopic (exact) mass is 514 g/mol. The highest BCUT2D eigenvalue weighted by atomic mass is 32.1. The minimum absolute atomic E-state index is 0.0176. The number of hydrogen-bond acceptors (Lipinski definition) is 5. The molecule has 4 aromatic rings. The molecule has 1 atom stereocenters. The van der Waals surface area contributed by atoms with Gasteiger partial charge in [-0.05, 0) is 74.0 Å². The van der Waals surface area contributed by atoms with Crippen LogP contribution in [0.3, 0.4) is 0 Å². The fourth-order valence-corrected chi connectivity index (χ4v) is 5.90. The van der Waals surface area contributed by atoms with Crippen LogP contribution in [-0.4, -0.2) is 38.9 Å². The highest BCUT2D eigenvalue weighted by Gasteiger charge is 2.46. The molecule has 0 radical (unpaired) electrons. The number of aliphatic hydroxyl groups excluding tert-OH is 1. The molecule has 1 unspecified atom stereocenters. The van der Waals surface area contributed by atoms with E-state index in [4.69, 9.17) is 4.74 Å². The van der Waals surface area contributed by atoms with E-state index in [1.807, 2.05) is 57.5 Å². The first-order chi connectivity index (χ1) is 17.8. The smallest absolute Gasteiger partial charge is 0.295 e. The molecule has 37 heavy (non-hydrogen) atoms. The van der Waals surface area contributed by atoms with Gasteiger partial charge in [-0.1, -0.05) is 24.3 Å². The summed E-state index contributed by atoms with van der Waals surface area (Å²) in [6.07, 6.45) is 2.69. The minimum Gasteiger partial charge on any atom is -0.507 e. The van der Waals surface area contributed by atoms with Crippen molar-refractivity contribution in [2.45, 2.75) is 39.3 Å². The highest BCUT2D eigenvalue weighted by molar-refractivity contribution is 7.10. The lowest BCUT2D eigenvalue weighted by Gasteiger charge is -2.24. The van der Waals surface area contributed by atoms with E-state index in [1.165, 1.54) is 11.3 Å². The second-order valence-electron chi connectivity index (χ2n) is 9.69. The van der Waals surface area contributed by atoms with E-state index in [-0.39, 0.29) is 17.4 Å². The Bertz CT molecular complexity index is 1510. The number of aryl methyl sites for hydroxylation is 2. The molecule has 2 aromatic carbocycles. The van der Waals surface area contributed by atoms with Crippen molar-refractivity contribution >= 4 is 39.7 Å². The molecule has 1 aliphatic heterocycles. The van der Waals surface area contributed by atoms with Gasteiger partial charge in [0.1, 0.15) is 11.5 Å². The number of ketones is 1. The molecule has 1 aliphatic rings. The molecule has 1 N–H and O–H groups in total. The molecule has 0 aliphatic carbocycles. The standard InChI is InChI=1S/C30H30N2O4S/c1-18(2)36-24-12-11-20(16-19(24)3)28(33)26-27(25-10-7-15-37-25)32(30(35)29(26)34)14-13-21-17-31(4)23-9-6-5-8-22(21)23/h5-12,15-18,27,33H,13-14H2,1-4H3/b28-26-. The van der Waals surface area contributed by atoms with Gasteiger partial charge in [0.25, 0.3) is 11.7 Å². The summed E-state index contributed by atoms with van der Waals surface area (Å²) in [5, 5.41) is 14.4. The lowest BCUT2D eigenvalue weighted by Crippen LogP contribution is -2.31. The van der Waals surface area contributed by atoms with Gasteiger partial charge in [-0.3, -0.25) is 9.59 Å². The molecule has 190 valence electrons. The van der Waals surface area contributed by atoms with Gasteiger partial charge < -0.3 is 19.3 Å². The third kappa shape index (κ3) is 4.55. The predicted octanol–water partition coefficient (Wildman–Crippen LogP) is 6.00. The quantitative estimate of drug-likeness (QED) is 0.187. The summed E-state index contributed by atoms with van der Waals surface area (Å²) in [6.45, 7) is 6.16. The topological polar surface area (TPSA) is 71.8 Å². The number of rotatable bonds is 7. The number of hydrogen-bond donors (Lipinski definition) is 1. The first-order valence-corrected chi connectivity index (χ1v) is 13.3. The molecule has 2 aromatic heterocycles. The van der Waals surface area contributed by atoms with Crippen molar-refractivity contribution in [3.05, 3.63) is 93.3 Å². The lowest BCUT2D eigenvalue weighted by atomic mass is 9.98. The average Bonchev–Trinajstić information content (AvgIpc) is 3.57. The van der Waals surface area contributed by atoms with Crippen molar-refractivity contribution in [1.29, 1.82) is 0 Å². The molecular formula is C30H30N2O4S. The van der Waals surface area contributed by atoms with Crippen LogP contribution in [0.5, 0.6) is 5.75 Å². The Morgan fingerprint density at radius 1 is 1.11 bits per heavy atom. The van der Waals surface area contributed by atoms with Gasteiger partial charge >= 0.3 is 0 Å². The lowest BCUT2D eigenvalue weighted by molar-refractivity contribution is -0.139. The molecule has 3 heterocycles. The van der Waals surface area contributed by atoms with Crippen molar-refractivity contribution in [3.8, 4) is 5.75 Å². The average molecular weight is 515 g/mol. The Balaban J connectivity index is 1.52. The molecular weight excluding hydrogens is 484 g/mol. The number of nitrogens with zero attached hydrogens (tertiary/aromatic N) is 2. The van der Waals surface area contributed by atoms with Gasteiger partial charge in [-0.25, -0.2) is 0 Å². The third-order valence-corrected chi connectivity index (χ3v) is 7.69. The molecule has 0 spiro atoms. The molecule has 5 rings (SSSR count). The number of aliphatic hydroxyl groups is 1. The number of Topliss-reactive ketones (excluding diaryl/α,β-unsaturated/α-hetero) is 1. The Kier molecular flexibility index (Phi) is 6.65. The number of benzene rings is 2. The van der Waals surface area contributed by atoms with Crippen LogP contribution in [0.1, 0.15) is 41.5 Å². The highest BCUT2D eigenvalue weighted by Crippen LogP contribution is 2.41. The van der Waals surface area contributed by atoms with E-state index in [2.05, 4.69) is 22.9 Å². The molecule has 6 nitrogen and oxygen atoms in total. The van der Waals surface area contributed by atoms with Crippen LogP contribution in [0.15, 0.2) is 71.7 Å². The van der Waals surface area contributed by atoms with Crippen molar-refractivity contribution in [2.75, 3.05) is 6.54 Å². The van der Waals surface area contributed by atoms with E-state index in [1.54, 1.807) is 23.1 Å². The van der Waals surface area contributed by atoms with Gasteiger partial charge in [-0.15, -0.1) is 11.3 Å². The maximum absolute atomic E-state index is 13.3. The van der Waals surface area contributed by atoms with Gasteiger partial charge in [0.2, 0.25) is 0 Å². The SMILES string of the molecule is Cc1cc(/C(O)=C2/C(=O)C(=O)N(CCc3cn(C)c4ccccc34)C2c2cccs2)ccc1OC(C)C. The first kappa shape index (κ1) is 24.8. The Labute approximate surface area is 220 Å². The van der Waals surface area contributed by atoms with Crippen LogP contribution < -0.4 is 4.74 Å². The molecule has 0 bridgehead atoms. The Morgan fingerprint density at radius 3 is 2.59 bits per heavy atom. The first-order valence-electron chi connectivity index (χ1n) is 12.4. The van der Waals surface area contributed by atoms with Gasteiger partial charge in [0, 0.05) is 41.1 Å². The number of carbonyl (C=O) groups is 2. The maximum Gasteiger partial charge on any atom is 0.295 e. The van der Waals surface area contributed by atoms with Crippen molar-refractivity contribution in [2.24, 2.45) is 7.05 Å². The maximum atomic E-state index is 13.3. The van der Waals surface area contributed by atoms with Crippen LogP contribution in [0, 0.1) is 6.92 Å². The molecule has 1 fully saturated rings. The summed E-state index contributed by atoms with van der Waals surface area (Å²) >= 11 is 1.47. The normalized spacial score (nSPS) is 17.3. The minimum atomic E-state index is -0.658. The van der Waals surface area contributed by atoms with E-state index in [0.717, 1.165) is 32.7 Å². The summed E-state index contributed by atoms with van der Waals surface area (Å²) in [5.41, 5.74) is 3.69. The molecule has 1 amide bonds. The van der Waals surface area contributed by atoms with E-state index in [9.17, 15) is 14.7 Å². The number of ether oxygens (including phenoxy) is 1. The Hall–Kier alpha value is -3.84. The largest absolute Gasteiger partial charge is 0.507 e. The van der Waals surface area contributed by atoms with E-state index in [0.29, 0.717) is 18.5 Å². The van der Waals surface area contributed by atoms with Crippen LogP contribution >= 0.6 is 11.3 Å². The summed E-state index contributed by atoms with van der Waals surface area (Å²) < 4.78 is 7.89. The number of para-hydroxylation sites is 1. The van der Waals surface area contributed by atoms with Crippen molar-refractivity contribution in [1.82, 2.24) is 9.47 Å². The molecule has 7 heteroatoms. The summed E-state index contributed by atoms with van der Waals surface area (Å²) in [6, 6.07) is 16.6. The number of carbonyl (C=O) groups excluding carboxylic acids is 2. The zero-order chi connectivity index (χ0) is 26.3. The summed E-state index contributed by atoms with van der Waals surface area (Å²) in [5.74, 6) is -0.689. The van der Waals surface area contributed by atoms with Crippen LogP contribution in [0.25, 0.3) is 16.7 Å². The molecule has 1 saturated heterocycles. The van der Waals surface area contributed by atoms with Gasteiger partial charge in [0.05, 0.1) is 17.7 Å². The van der Waals surface area contributed by atoms with Crippen molar-refractivity contribution in [3.63, 3.8) is 0 Å². The van der Waals surface area contributed by atoms with Crippen molar-refractivity contribution < 1.29 is 19.4 Å². The van der Waals surface area contributed by atoms with Crippen LogP contribution in [-0.2, 0) is 23.1 Å². The number of fused-ring (bicyclic) bond motifs is 1. The Morgan fingerprint density at radius 2 is 1.89 bits per heavy atom. The fraction of sp³-hybridized carbons (Fsp3) is 0.267. The molecule has 0 saturated carbocycles. The van der Waals surface area contributed by atoms with Gasteiger partial charge in [-0.2, -0.15) is 0 Å². The second-order valence-corrected chi connectivity index (χ2v) is 10.7. The fourth-order valence-electron chi connectivity index (χ4n) is 5.06. The van der Waals surface area contributed by atoms with E-state index < -0.39 is 17.7 Å². The number of likely N-dealkylation sites (tertiary alicyclic amines) is 1. The zero-order valence-corrected chi connectivity index (χ0v) is 22.2. The summed E-state index contributed by atoms with van der Waals surface area (Å²) in [7, 11) is 2.00. The number of amides is 1. The van der Waals surface area contributed by atoms with Crippen LogP contribution in [0.2, 0.25) is 0 Å². The van der Waals surface area contributed by atoms with Crippen LogP contribution in [0.4, 0.5) is 0 Å². The zero-order valence-electron chi connectivity index (χ0n) is 21.4. The third-order valence-electron chi connectivity index (χ3n) is 6.77.